The molecule has 0 saturated heterocycles. The number of anilines is 3. The minimum atomic E-state index is 0.155. The highest BCUT2D eigenvalue weighted by atomic mass is 79.9. The Bertz CT molecular complexity index is 590. The Morgan fingerprint density at radius 3 is 2.63 bits per heavy atom. The van der Waals surface area contributed by atoms with Crippen molar-refractivity contribution < 1.29 is 0 Å². The van der Waals surface area contributed by atoms with E-state index in [0.717, 1.165) is 22.3 Å². The summed E-state index contributed by atoms with van der Waals surface area (Å²) in [5.74, 6) is 0.872. The molecule has 7 heteroatoms. The fourth-order valence-corrected chi connectivity index (χ4v) is 1.90. The van der Waals surface area contributed by atoms with Gasteiger partial charge in [-0.25, -0.2) is 0 Å². The lowest BCUT2D eigenvalue weighted by molar-refractivity contribution is 1.02. The molecule has 0 atom stereocenters. The molecule has 0 spiro atoms. The van der Waals surface area contributed by atoms with Crippen molar-refractivity contribution in [1.29, 1.82) is 0 Å². The van der Waals surface area contributed by atoms with Gasteiger partial charge in [0.2, 0.25) is 17.2 Å². The molecule has 100 valence electrons. The van der Waals surface area contributed by atoms with Gasteiger partial charge in [-0.05, 0) is 49.2 Å². The first-order chi connectivity index (χ1) is 9.08. The van der Waals surface area contributed by atoms with E-state index >= 15 is 0 Å². The average Bonchev–Trinajstić information content (AvgIpc) is 2.33. The summed E-state index contributed by atoms with van der Waals surface area (Å²) in [5.41, 5.74) is 2.02. The number of hydrogen-bond donors (Lipinski definition) is 2. The van der Waals surface area contributed by atoms with E-state index in [1.165, 1.54) is 0 Å². The van der Waals surface area contributed by atoms with Crippen molar-refractivity contribution in [2.75, 3.05) is 17.2 Å². The minimum absolute atomic E-state index is 0.155. The van der Waals surface area contributed by atoms with Crippen LogP contribution in [-0.4, -0.2) is 21.5 Å². The van der Waals surface area contributed by atoms with Crippen LogP contribution < -0.4 is 10.6 Å². The third-order valence-electron chi connectivity index (χ3n) is 2.36. The SMILES string of the molecule is CCNc1nc(Cl)nc(Nc2ccc(Br)c(C)c2)n1. The number of aryl methyl sites for hydroxylation is 1. The van der Waals surface area contributed by atoms with Crippen LogP contribution >= 0.6 is 27.5 Å². The van der Waals surface area contributed by atoms with E-state index in [2.05, 4.69) is 41.5 Å². The van der Waals surface area contributed by atoms with Gasteiger partial charge in [-0.2, -0.15) is 15.0 Å². The number of rotatable bonds is 4. The Hall–Kier alpha value is -1.40. The molecule has 0 aliphatic carbocycles. The molecule has 2 N–H and O–H groups in total. The van der Waals surface area contributed by atoms with Gasteiger partial charge in [0.05, 0.1) is 0 Å². The van der Waals surface area contributed by atoms with Crippen molar-refractivity contribution in [2.24, 2.45) is 0 Å². The molecule has 1 heterocycles. The molecule has 1 aromatic heterocycles. The molecule has 0 aliphatic heterocycles. The highest BCUT2D eigenvalue weighted by Crippen LogP contribution is 2.22. The third kappa shape index (κ3) is 3.78. The summed E-state index contributed by atoms with van der Waals surface area (Å²) in [6.45, 7) is 4.69. The molecule has 0 aliphatic rings. The van der Waals surface area contributed by atoms with Crippen molar-refractivity contribution in [3.8, 4) is 0 Å². The maximum Gasteiger partial charge on any atom is 0.233 e. The maximum absolute atomic E-state index is 5.86. The van der Waals surface area contributed by atoms with E-state index in [0.29, 0.717) is 11.9 Å². The fourth-order valence-electron chi connectivity index (χ4n) is 1.49. The van der Waals surface area contributed by atoms with Gasteiger partial charge >= 0.3 is 0 Å². The van der Waals surface area contributed by atoms with Crippen LogP contribution in [0, 0.1) is 6.92 Å². The summed E-state index contributed by atoms with van der Waals surface area (Å²) in [4.78, 5) is 12.3. The summed E-state index contributed by atoms with van der Waals surface area (Å²) >= 11 is 9.32. The van der Waals surface area contributed by atoms with Crippen LogP contribution in [0.4, 0.5) is 17.6 Å². The first kappa shape index (κ1) is 14.0. The predicted octanol–water partition coefficient (Wildman–Crippen LogP) is 3.77. The van der Waals surface area contributed by atoms with E-state index in [1.807, 2.05) is 32.0 Å². The number of nitrogens with one attached hydrogen (secondary N) is 2. The maximum atomic E-state index is 5.86. The number of hydrogen-bond acceptors (Lipinski definition) is 5. The topological polar surface area (TPSA) is 62.7 Å². The van der Waals surface area contributed by atoms with Crippen molar-refractivity contribution >= 4 is 45.1 Å². The summed E-state index contributed by atoms with van der Waals surface area (Å²) in [5, 5.41) is 6.26. The minimum Gasteiger partial charge on any atom is -0.354 e. The fraction of sp³-hybridized carbons (Fsp3) is 0.250. The highest BCUT2D eigenvalue weighted by molar-refractivity contribution is 9.10. The van der Waals surface area contributed by atoms with E-state index in [9.17, 15) is 0 Å². The largest absolute Gasteiger partial charge is 0.354 e. The zero-order valence-corrected chi connectivity index (χ0v) is 12.9. The van der Waals surface area contributed by atoms with Gasteiger partial charge < -0.3 is 10.6 Å². The zero-order valence-electron chi connectivity index (χ0n) is 10.5. The van der Waals surface area contributed by atoms with E-state index in [-0.39, 0.29) is 5.28 Å². The molecule has 0 amide bonds. The van der Waals surface area contributed by atoms with Gasteiger partial charge in [-0.1, -0.05) is 15.9 Å². The van der Waals surface area contributed by atoms with Gasteiger partial charge in [0.25, 0.3) is 0 Å². The normalized spacial score (nSPS) is 10.3. The van der Waals surface area contributed by atoms with Gasteiger partial charge in [0, 0.05) is 16.7 Å². The Kier molecular flexibility index (Phi) is 4.55. The second kappa shape index (κ2) is 6.16. The molecule has 0 unspecified atom stereocenters. The van der Waals surface area contributed by atoms with Crippen LogP contribution in [0.1, 0.15) is 12.5 Å². The molecular weight excluding hydrogens is 330 g/mol. The monoisotopic (exact) mass is 341 g/mol. The zero-order chi connectivity index (χ0) is 13.8. The van der Waals surface area contributed by atoms with E-state index < -0.39 is 0 Å². The van der Waals surface area contributed by atoms with Crippen LogP contribution in [0.5, 0.6) is 0 Å². The molecule has 0 saturated carbocycles. The Labute approximate surface area is 125 Å². The summed E-state index contributed by atoms with van der Waals surface area (Å²) in [6, 6.07) is 5.89. The van der Waals surface area contributed by atoms with E-state index in [4.69, 9.17) is 11.6 Å². The second-order valence-electron chi connectivity index (χ2n) is 3.87. The Balaban J connectivity index is 2.24. The molecule has 19 heavy (non-hydrogen) atoms. The molecule has 5 nitrogen and oxygen atoms in total. The lowest BCUT2D eigenvalue weighted by atomic mass is 10.2. The summed E-state index contributed by atoms with van der Waals surface area (Å²) in [7, 11) is 0. The first-order valence-electron chi connectivity index (χ1n) is 5.77. The van der Waals surface area contributed by atoms with Gasteiger partial charge in [0.15, 0.2) is 0 Å². The summed E-state index contributed by atoms with van der Waals surface area (Å²) < 4.78 is 1.06. The van der Waals surface area contributed by atoms with Crippen LogP contribution in [0.2, 0.25) is 5.28 Å². The smallest absolute Gasteiger partial charge is 0.233 e. The van der Waals surface area contributed by atoms with Crippen LogP contribution in [-0.2, 0) is 0 Å². The number of aromatic nitrogens is 3. The van der Waals surface area contributed by atoms with Crippen molar-refractivity contribution in [1.82, 2.24) is 15.0 Å². The third-order valence-corrected chi connectivity index (χ3v) is 3.42. The van der Waals surface area contributed by atoms with E-state index in [1.54, 1.807) is 0 Å². The molecule has 0 fully saturated rings. The number of halogens is 2. The van der Waals surface area contributed by atoms with Crippen molar-refractivity contribution in [3.05, 3.63) is 33.5 Å². The van der Waals surface area contributed by atoms with Gasteiger partial charge in [-0.15, -0.1) is 0 Å². The quantitative estimate of drug-likeness (QED) is 0.885. The standard InChI is InChI=1S/C12H13BrClN5/c1-3-15-11-17-10(14)18-12(19-11)16-8-4-5-9(13)7(2)6-8/h4-6H,3H2,1-2H3,(H2,15,16,17,18,19). The number of nitrogens with zero attached hydrogens (tertiary/aromatic N) is 3. The molecular formula is C12H13BrClN5. The van der Waals surface area contributed by atoms with Crippen molar-refractivity contribution in [3.63, 3.8) is 0 Å². The average molecular weight is 343 g/mol. The molecule has 2 aromatic rings. The van der Waals surface area contributed by atoms with Crippen LogP contribution in [0.15, 0.2) is 22.7 Å². The molecule has 1 aromatic carbocycles. The predicted molar refractivity (Wildman–Crippen MR) is 81.2 cm³/mol. The lowest BCUT2D eigenvalue weighted by Gasteiger charge is -2.08. The highest BCUT2D eigenvalue weighted by Gasteiger charge is 2.05. The molecule has 0 bridgehead atoms. The second-order valence-corrected chi connectivity index (χ2v) is 5.06. The first-order valence-corrected chi connectivity index (χ1v) is 6.94. The van der Waals surface area contributed by atoms with Gasteiger partial charge in [-0.3, -0.25) is 0 Å². The summed E-state index contributed by atoms with van der Waals surface area (Å²) in [6.07, 6.45) is 0. The van der Waals surface area contributed by atoms with Crippen LogP contribution in [0.25, 0.3) is 0 Å². The number of benzene rings is 1. The molecule has 2 rings (SSSR count). The van der Waals surface area contributed by atoms with Crippen molar-refractivity contribution in [2.45, 2.75) is 13.8 Å². The van der Waals surface area contributed by atoms with Crippen LogP contribution in [0.3, 0.4) is 0 Å². The van der Waals surface area contributed by atoms with Gasteiger partial charge in [0.1, 0.15) is 0 Å². The Morgan fingerprint density at radius 2 is 1.95 bits per heavy atom. The lowest BCUT2D eigenvalue weighted by Crippen LogP contribution is -2.06. The Morgan fingerprint density at radius 1 is 1.21 bits per heavy atom. The molecule has 0 radical (unpaired) electrons.